The predicted molar refractivity (Wildman–Crippen MR) is 71.6 cm³/mol. The maximum atomic E-state index is 4.45. The Balaban J connectivity index is 2.25. The van der Waals surface area contributed by atoms with Gasteiger partial charge in [0.25, 0.3) is 0 Å². The highest BCUT2D eigenvalue weighted by molar-refractivity contribution is 7.99. The monoisotopic (exact) mass is 245 g/mol. The smallest absolute Gasteiger partial charge is 0.223 e. The van der Waals surface area contributed by atoms with Crippen LogP contribution in [0.25, 0.3) is 0 Å². The molecule has 1 N–H and O–H groups in total. The first-order valence-corrected chi connectivity index (χ1v) is 6.26. The van der Waals surface area contributed by atoms with Crippen LogP contribution in [0, 0.1) is 13.8 Å². The van der Waals surface area contributed by atoms with Gasteiger partial charge in [-0.1, -0.05) is 29.5 Å². The Kier molecular flexibility index (Phi) is 3.64. The van der Waals surface area contributed by atoms with Gasteiger partial charge in [-0.3, -0.25) is 0 Å². The fourth-order valence-electron chi connectivity index (χ4n) is 1.37. The van der Waals surface area contributed by atoms with Crippen molar-refractivity contribution in [2.24, 2.45) is 0 Å². The molecule has 0 saturated carbocycles. The molecular weight excluding hydrogens is 230 g/mol. The maximum absolute atomic E-state index is 4.45. The van der Waals surface area contributed by atoms with Gasteiger partial charge < -0.3 is 5.32 Å². The number of hydrogen-bond donors (Lipinski definition) is 1. The van der Waals surface area contributed by atoms with Crippen LogP contribution in [0.15, 0.2) is 40.4 Å². The van der Waals surface area contributed by atoms with Crippen molar-refractivity contribution in [2.45, 2.75) is 23.8 Å². The summed E-state index contributed by atoms with van der Waals surface area (Å²) >= 11 is 1.66. The molecule has 0 spiro atoms. The molecule has 1 aromatic heterocycles. The molecule has 0 saturated heterocycles. The van der Waals surface area contributed by atoms with E-state index in [0.717, 1.165) is 10.6 Å². The van der Waals surface area contributed by atoms with E-state index in [1.165, 1.54) is 10.5 Å². The summed E-state index contributed by atoms with van der Waals surface area (Å²) in [6, 6.07) is 8.44. The van der Waals surface area contributed by atoms with Gasteiger partial charge >= 0.3 is 0 Å². The number of aryl methyl sites for hydroxylation is 2. The lowest BCUT2D eigenvalue weighted by Crippen LogP contribution is -1.98. The summed E-state index contributed by atoms with van der Waals surface area (Å²) in [5.41, 5.74) is 2.36. The third kappa shape index (κ3) is 2.97. The van der Waals surface area contributed by atoms with E-state index in [4.69, 9.17) is 0 Å². The second-order valence-electron chi connectivity index (χ2n) is 3.85. The van der Waals surface area contributed by atoms with Crippen LogP contribution in [-0.4, -0.2) is 17.0 Å². The predicted octanol–water partition coefficient (Wildman–Crippen LogP) is 3.29. The highest BCUT2D eigenvalue weighted by Crippen LogP contribution is 2.28. The minimum atomic E-state index is 0.658. The highest BCUT2D eigenvalue weighted by atomic mass is 32.2. The molecule has 4 heteroatoms. The molecule has 0 fully saturated rings. The molecule has 88 valence electrons. The van der Waals surface area contributed by atoms with E-state index in [1.54, 1.807) is 11.8 Å². The highest BCUT2D eigenvalue weighted by Gasteiger charge is 2.05. The van der Waals surface area contributed by atoms with Crippen molar-refractivity contribution >= 4 is 17.7 Å². The second-order valence-corrected chi connectivity index (χ2v) is 4.91. The molecule has 3 nitrogen and oxygen atoms in total. The lowest BCUT2D eigenvalue weighted by atomic mass is 10.2. The van der Waals surface area contributed by atoms with Gasteiger partial charge in [0.15, 0.2) is 0 Å². The zero-order valence-electron chi connectivity index (χ0n) is 10.2. The van der Waals surface area contributed by atoms with Crippen molar-refractivity contribution in [2.75, 3.05) is 12.4 Å². The Hall–Kier alpha value is -1.55. The van der Waals surface area contributed by atoms with E-state index >= 15 is 0 Å². The number of hydrogen-bond acceptors (Lipinski definition) is 4. The fraction of sp³-hybridized carbons (Fsp3) is 0.231. The van der Waals surface area contributed by atoms with Gasteiger partial charge in [-0.25, -0.2) is 9.97 Å². The molecule has 2 rings (SSSR count). The van der Waals surface area contributed by atoms with Crippen LogP contribution in [-0.2, 0) is 0 Å². The molecule has 0 amide bonds. The Morgan fingerprint density at radius 3 is 2.47 bits per heavy atom. The molecule has 0 aliphatic rings. The zero-order valence-corrected chi connectivity index (χ0v) is 11.0. The van der Waals surface area contributed by atoms with Gasteiger partial charge in [0.1, 0.15) is 5.03 Å². The summed E-state index contributed by atoms with van der Waals surface area (Å²) in [7, 11) is 1.82. The molecule has 0 aliphatic carbocycles. The molecule has 0 aliphatic heterocycles. The lowest BCUT2D eigenvalue weighted by Gasteiger charge is -2.06. The van der Waals surface area contributed by atoms with E-state index < -0.39 is 0 Å². The molecule has 17 heavy (non-hydrogen) atoms. The Morgan fingerprint density at radius 1 is 1.12 bits per heavy atom. The van der Waals surface area contributed by atoms with Crippen molar-refractivity contribution in [1.29, 1.82) is 0 Å². The summed E-state index contributed by atoms with van der Waals surface area (Å²) in [5.74, 6) is 0.658. The van der Waals surface area contributed by atoms with Crippen molar-refractivity contribution in [3.8, 4) is 0 Å². The van der Waals surface area contributed by atoms with E-state index in [0.29, 0.717) is 5.95 Å². The number of nitrogens with one attached hydrogen (secondary N) is 1. The molecule has 1 heterocycles. The summed E-state index contributed by atoms with van der Waals surface area (Å²) in [4.78, 5) is 9.82. The molecule has 2 aromatic rings. The zero-order chi connectivity index (χ0) is 12.3. The standard InChI is InChI=1S/C13H15N3S/c1-9-4-6-11(7-5-9)17-12-10(2)8-15-13(14-3)16-12/h4-8H,1-3H3,(H,14,15,16). The molecule has 1 aromatic carbocycles. The molecule has 0 atom stereocenters. The largest absolute Gasteiger partial charge is 0.357 e. The van der Waals surface area contributed by atoms with Crippen molar-refractivity contribution in [3.63, 3.8) is 0 Å². The third-order valence-electron chi connectivity index (χ3n) is 2.38. The van der Waals surface area contributed by atoms with Gasteiger partial charge in [-0.15, -0.1) is 0 Å². The maximum Gasteiger partial charge on any atom is 0.223 e. The summed E-state index contributed by atoms with van der Waals surface area (Å²) < 4.78 is 0. The van der Waals surface area contributed by atoms with E-state index in [1.807, 2.05) is 20.2 Å². The molecule has 0 radical (unpaired) electrons. The van der Waals surface area contributed by atoms with Crippen LogP contribution < -0.4 is 5.32 Å². The van der Waals surface area contributed by atoms with Gasteiger partial charge in [0.05, 0.1) is 0 Å². The van der Waals surface area contributed by atoms with Gasteiger partial charge in [-0.2, -0.15) is 0 Å². The normalized spacial score (nSPS) is 10.3. The van der Waals surface area contributed by atoms with E-state index in [-0.39, 0.29) is 0 Å². The first-order valence-electron chi connectivity index (χ1n) is 5.45. The second kappa shape index (κ2) is 5.19. The quantitative estimate of drug-likeness (QED) is 0.842. The Morgan fingerprint density at radius 2 is 1.82 bits per heavy atom. The average molecular weight is 245 g/mol. The summed E-state index contributed by atoms with van der Waals surface area (Å²) in [6.07, 6.45) is 1.84. The Labute approximate surface area is 106 Å². The van der Waals surface area contributed by atoms with Crippen LogP contribution in [0.4, 0.5) is 5.95 Å². The van der Waals surface area contributed by atoms with Gasteiger partial charge in [0.2, 0.25) is 5.95 Å². The first-order chi connectivity index (χ1) is 8.19. The van der Waals surface area contributed by atoms with Crippen molar-refractivity contribution < 1.29 is 0 Å². The number of anilines is 1. The topological polar surface area (TPSA) is 37.8 Å². The number of rotatable bonds is 3. The minimum absolute atomic E-state index is 0.658. The summed E-state index contributed by atoms with van der Waals surface area (Å²) in [6.45, 7) is 4.11. The summed E-state index contributed by atoms with van der Waals surface area (Å²) in [5, 5.41) is 3.95. The number of aromatic nitrogens is 2. The lowest BCUT2D eigenvalue weighted by molar-refractivity contribution is 1.00. The van der Waals surface area contributed by atoms with Crippen LogP contribution in [0.2, 0.25) is 0 Å². The minimum Gasteiger partial charge on any atom is -0.357 e. The van der Waals surface area contributed by atoms with E-state index in [9.17, 15) is 0 Å². The fourth-order valence-corrected chi connectivity index (χ4v) is 2.21. The molecule has 0 bridgehead atoms. The van der Waals surface area contributed by atoms with Crippen molar-refractivity contribution in [1.82, 2.24) is 9.97 Å². The third-order valence-corrected chi connectivity index (χ3v) is 3.50. The van der Waals surface area contributed by atoms with Gasteiger partial charge in [0, 0.05) is 23.7 Å². The Bertz CT molecular complexity index is 509. The van der Waals surface area contributed by atoms with Gasteiger partial charge in [-0.05, 0) is 26.0 Å². The first kappa shape index (κ1) is 11.9. The SMILES string of the molecule is CNc1ncc(C)c(Sc2ccc(C)cc2)n1. The van der Waals surface area contributed by atoms with Crippen LogP contribution in [0.1, 0.15) is 11.1 Å². The molecular formula is C13H15N3S. The van der Waals surface area contributed by atoms with E-state index in [2.05, 4.69) is 46.5 Å². The van der Waals surface area contributed by atoms with Crippen molar-refractivity contribution in [3.05, 3.63) is 41.6 Å². The average Bonchev–Trinajstić information content (AvgIpc) is 2.35. The number of nitrogens with zero attached hydrogens (tertiary/aromatic N) is 2. The van der Waals surface area contributed by atoms with Crippen LogP contribution in [0.3, 0.4) is 0 Å². The van der Waals surface area contributed by atoms with Crippen LogP contribution >= 0.6 is 11.8 Å². The van der Waals surface area contributed by atoms with Crippen LogP contribution in [0.5, 0.6) is 0 Å². The molecule has 0 unspecified atom stereocenters. The number of benzene rings is 1.